The van der Waals surface area contributed by atoms with Crippen molar-refractivity contribution in [1.82, 2.24) is 0 Å². The van der Waals surface area contributed by atoms with Gasteiger partial charge in [-0.2, -0.15) is 0 Å². The van der Waals surface area contributed by atoms with Gasteiger partial charge in [0.25, 0.3) is 15.9 Å². The summed E-state index contributed by atoms with van der Waals surface area (Å²) >= 11 is 0. The largest absolute Gasteiger partial charge is 0.449 e. The highest BCUT2D eigenvalue weighted by Gasteiger charge is 2.29. The summed E-state index contributed by atoms with van der Waals surface area (Å²) in [6.07, 6.45) is 0.528. The molecule has 3 aromatic rings. The first-order valence-electron chi connectivity index (χ1n) is 11.7. The van der Waals surface area contributed by atoms with Crippen molar-refractivity contribution in [2.75, 3.05) is 35.2 Å². The molecule has 0 saturated carbocycles. The lowest BCUT2D eigenvalue weighted by Gasteiger charge is -2.30. The Bertz CT molecular complexity index is 1350. The minimum absolute atomic E-state index is 0.0858. The van der Waals surface area contributed by atoms with Gasteiger partial charge in [0.1, 0.15) is 0 Å². The molecule has 0 fully saturated rings. The number of para-hydroxylation sites is 1. The Morgan fingerprint density at radius 1 is 0.972 bits per heavy atom. The lowest BCUT2D eigenvalue weighted by molar-refractivity contribution is -0.123. The molecular formula is C27H29N3O5S. The summed E-state index contributed by atoms with van der Waals surface area (Å²) in [7, 11) is 0.0573. The van der Waals surface area contributed by atoms with Gasteiger partial charge in [0.05, 0.1) is 16.1 Å². The van der Waals surface area contributed by atoms with Gasteiger partial charge < -0.3 is 15.0 Å². The van der Waals surface area contributed by atoms with Gasteiger partial charge in [-0.15, -0.1) is 0 Å². The highest BCUT2D eigenvalue weighted by molar-refractivity contribution is 7.92. The minimum Gasteiger partial charge on any atom is -0.449 e. The second-order valence-electron chi connectivity index (χ2n) is 8.81. The van der Waals surface area contributed by atoms with Gasteiger partial charge >= 0.3 is 5.97 Å². The maximum absolute atomic E-state index is 13.3. The van der Waals surface area contributed by atoms with E-state index in [1.165, 1.54) is 35.5 Å². The molecule has 1 heterocycles. The van der Waals surface area contributed by atoms with E-state index in [9.17, 15) is 18.0 Å². The summed E-state index contributed by atoms with van der Waals surface area (Å²) in [6, 6.07) is 20.3. The number of carbonyl (C=O) groups is 2. The van der Waals surface area contributed by atoms with Crippen molar-refractivity contribution in [2.45, 2.75) is 30.8 Å². The zero-order valence-corrected chi connectivity index (χ0v) is 21.3. The van der Waals surface area contributed by atoms with Crippen molar-refractivity contribution in [3.8, 4) is 0 Å². The molecule has 3 aromatic carbocycles. The van der Waals surface area contributed by atoms with Crippen LogP contribution in [0.4, 0.5) is 17.1 Å². The van der Waals surface area contributed by atoms with Crippen molar-refractivity contribution < 1.29 is 22.7 Å². The lowest BCUT2D eigenvalue weighted by Crippen LogP contribution is -2.35. The van der Waals surface area contributed by atoms with E-state index in [0.29, 0.717) is 17.9 Å². The van der Waals surface area contributed by atoms with Gasteiger partial charge in [0.15, 0.2) is 6.10 Å². The Hall–Kier alpha value is -3.85. The van der Waals surface area contributed by atoms with E-state index in [-0.39, 0.29) is 10.5 Å². The molecule has 1 amide bonds. The normalized spacial score (nSPS) is 13.9. The van der Waals surface area contributed by atoms with Crippen LogP contribution in [-0.2, 0) is 26.0 Å². The van der Waals surface area contributed by atoms with E-state index in [0.717, 1.165) is 24.1 Å². The molecule has 4 rings (SSSR count). The van der Waals surface area contributed by atoms with E-state index in [1.807, 2.05) is 49.3 Å². The van der Waals surface area contributed by atoms with E-state index >= 15 is 0 Å². The Kier molecular flexibility index (Phi) is 7.30. The number of nitrogens with zero attached hydrogens (tertiary/aromatic N) is 2. The van der Waals surface area contributed by atoms with Crippen molar-refractivity contribution in [3.63, 3.8) is 0 Å². The van der Waals surface area contributed by atoms with Gasteiger partial charge in [-0.05, 0) is 79.9 Å². The number of hydrogen-bond acceptors (Lipinski definition) is 6. The third kappa shape index (κ3) is 5.36. The third-order valence-corrected chi connectivity index (χ3v) is 7.88. The highest BCUT2D eigenvalue weighted by atomic mass is 32.2. The first kappa shape index (κ1) is 25.2. The molecule has 0 spiro atoms. The summed E-state index contributed by atoms with van der Waals surface area (Å²) in [5.74, 6) is -1.18. The van der Waals surface area contributed by atoms with Crippen LogP contribution in [0.15, 0.2) is 77.7 Å². The summed E-state index contributed by atoms with van der Waals surface area (Å²) < 4.78 is 33.3. The Morgan fingerprint density at radius 3 is 2.31 bits per heavy atom. The molecule has 0 unspecified atom stereocenters. The fourth-order valence-corrected chi connectivity index (χ4v) is 5.55. The first-order chi connectivity index (χ1) is 17.2. The van der Waals surface area contributed by atoms with Gasteiger partial charge in [-0.1, -0.05) is 18.2 Å². The number of ether oxygens (including phenoxy) is 1. The number of rotatable bonds is 7. The number of sulfonamides is 1. The zero-order chi connectivity index (χ0) is 25.9. The van der Waals surface area contributed by atoms with Crippen LogP contribution in [0.1, 0.15) is 29.3 Å². The SMILES string of the molecule is C[C@@H](OC(=O)c1ccc(S(=O)(=O)N2CCCc3ccccc32)cc1)C(=O)Nc1ccc(N(C)C)cc1. The summed E-state index contributed by atoms with van der Waals surface area (Å²) in [5, 5.41) is 2.72. The fraction of sp³-hybridized carbons (Fsp3) is 0.259. The Morgan fingerprint density at radius 2 is 1.64 bits per heavy atom. The van der Waals surface area contributed by atoms with E-state index in [4.69, 9.17) is 4.74 Å². The van der Waals surface area contributed by atoms with Crippen LogP contribution in [0.2, 0.25) is 0 Å². The number of amides is 1. The minimum atomic E-state index is -3.78. The van der Waals surface area contributed by atoms with Gasteiger partial charge in [0.2, 0.25) is 0 Å². The highest BCUT2D eigenvalue weighted by Crippen LogP contribution is 2.31. The second kappa shape index (κ2) is 10.4. The molecule has 36 heavy (non-hydrogen) atoms. The van der Waals surface area contributed by atoms with Crippen LogP contribution < -0.4 is 14.5 Å². The molecule has 9 heteroatoms. The molecule has 8 nitrogen and oxygen atoms in total. The molecule has 1 atom stereocenters. The standard InChI is InChI=1S/C27H29N3O5S/c1-19(26(31)28-22-12-14-23(15-13-22)29(2)3)35-27(32)21-10-16-24(17-11-21)36(33,34)30-18-6-8-20-7-4-5-9-25(20)30/h4-5,7,9-17,19H,6,8,18H2,1-3H3,(H,28,31)/t19-/m1/s1. The van der Waals surface area contributed by atoms with Crippen LogP contribution in [0.25, 0.3) is 0 Å². The van der Waals surface area contributed by atoms with Gasteiger partial charge in [-0.3, -0.25) is 9.10 Å². The molecule has 1 aliphatic heterocycles. The second-order valence-corrected chi connectivity index (χ2v) is 10.7. The average Bonchev–Trinajstić information content (AvgIpc) is 2.88. The zero-order valence-electron chi connectivity index (χ0n) is 20.5. The van der Waals surface area contributed by atoms with Crippen molar-refractivity contribution in [1.29, 1.82) is 0 Å². The van der Waals surface area contributed by atoms with Crippen LogP contribution in [-0.4, -0.2) is 47.0 Å². The predicted molar refractivity (Wildman–Crippen MR) is 140 cm³/mol. The number of nitrogens with one attached hydrogen (secondary N) is 1. The molecule has 188 valence electrons. The van der Waals surface area contributed by atoms with Crippen LogP contribution in [0.5, 0.6) is 0 Å². The molecule has 1 aliphatic rings. The van der Waals surface area contributed by atoms with Crippen molar-refractivity contribution in [3.05, 3.63) is 83.9 Å². The number of carbonyl (C=O) groups excluding carboxylic acids is 2. The number of benzene rings is 3. The molecular weight excluding hydrogens is 478 g/mol. The summed E-state index contributed by atoms with van der Waals surface area (Å²) in [5.41, 5.74) is 3.41. The number of aryl methyl sites for hydroxylation is 1. The number of anilines is 3. The Labute approximate surface area is 211 Å². The van der Waals surface area contributed by atoms with E-state index in [1.54, 1.807) is 18.2 Å². The predicted octanol–water partition coefficient (Wildman–Crippen LogP) is 4.08. The third-order valence-electron chi connectivity index (χ3n) is 6.05. The number of esters is 1. The molecule has 0 aromatic heterocycles. The molecule has 1 N–H and O–H groups in total. The monoisotopic (exact) mass is 507 g/mol. The molecule has 0 saturated heterocycles. The summed E-state index contributed by atoms with van der Waals surface area (Å²) in [6.45, 7) is 1.88. The van der Waals surface area contributed by atoms with Gasteiger partial charge in [0, 0.05) is 32.0 Å². The number of hydrogen-bond donors (Lipinski definition) is 1. The summed E-state index contributed by atoms with van der Waals surface area (Å²) in [4.78, 5) is 27.1. The van der Waals surface area contributed by atoms with Crippen LogP contribution in [0, 0.1) is 0 Å². The quantitative estimate of drug-likeness (QED) is 0.484. The van der Waals surface area contributed by atoms with Crippen LogP contribution in [0.3, 0.4) is 0 Å². The van der Waals surface area contributed by atoms with Crippen molar-refractivity contribution >= 4 is 39.0 Å². The lowest BCUT2D eigenvalue weighted by atomic mass is 10.0. The maximum atomic E-state index is 13.3. The fourth-order valence-electron chi connectivity index (χ4n) is 4.01. The Balaban J connectivity index is 1.41. The van der Waals surface area contributed by atoms with E-state index in [2.05, 4.69) is 5.32 Å². The van der Waals surface area contributed by atoms with E-state index < -0.39 is 28.0 Å². The van der Waals surface area contributed by atoms with Crippen molar-refractivity contribution in [2.24, 2.45) is 0 Å². The molecule has 0 radical (unpaired) electrons. The number of fused-ring (bicyclic) bond motifs is 1. The molecule has 0 bridgehead atoms. The maximum Gasteiger partial charge on any atom is 0.338 e. The smallest absolute Gasteiger partial charge is 0.338 e. The first-order valence-corrected chi connectivity index (χ1v) is 13.1. The molecule has 0 aliphatic carbocycles. The topological polar surface area (TPSA) is 96.0 Å². The van der Waals surface area contributed by atoms with Gasteiger partial charge in [-0.25, -0.2) is 13.2 Å². The average molecular weight is 508 g/mol. The van der Waals surface area contributed by atoms with Crippen LogP contribution >= 0.6 is 0 Å².